The van der Waals surface area contributed by atoms with E-state index in [0.29, 0.717) is 6.61 Å². The largest absolute Gasteiger partial charge is 0.497 e. The molecule has 4 saturated heterocycles. The van der Waals surface area contributed by atoms with Crippen LogP contribution in [0.4, 0.5) is 0 Å². The Morgan fingerprint density at radius 2 is 1.38 bits per heavy atom. The number of rotatable bonds is 15. The van der Waals surface area contributed by atoms with E-state index in [0.717, 1.165) is 22.4 Å². The second-order valence-electron chi connectivity index (χ2n) is 18.4. The molecule has 4 aliphatic heterocycles. The third-order valence-electron chi connectivity index (χ3n) is 11.9. The quantitative estimate of drug-likeness (QED) is 0.121. The monoisotopic (exact) mass is 852 g/mol. The molecule has 7 rings (SSSR count). The van der Waals surface area contributed by atoms with E-state index in [4.69, 9.17) is 56.5 Å². The number of methoxy groups -OCH3 is 1. The molecule has 0 saturated carbocycles. The highest BCUT2D eigenvalue weighted by atomic mass is 28.4. The lowest BCUT2D eigenvalue weighted by atomic mass is 9.97. The van der Waals surface area contributed by atoms with Crippen LogP contribution >= 0.6 is 0 Å². The molecule has 13 nitrogen and oxygen atoms in total. The molecule has 2 unspecified atom stereocenters. The summed E-state index contributed by atoms with van der Waals surface area (Å²) in [4.78, 5) is 0. The highest BCUT2D eigenvalue weighted by Gasteiger charge is 2.59. The number of benzene rings is 3. The van der Waals surface area contributed by atoms with Gasteiger partial charge in [0.05, 0.1) is 33.5 Å². The van der Waals surface area contributed by atoms with Crippen molar-refractivity contribution >= 4 is 8.32 Å². The minimum Gasteiger partial charge on any atom is -0.497 e. The Balaban J connectivity index is 1.17. The van der Waals surface area contributed by atoms with Gasteiger partial charge in [-0.15, -0.1) is 0 Å². The predicted octanol–water partition coefficient (Wildman–Crippen LogP) is 7.40. The van der Waals surface area contributed by atoms with Crippen LogP contribution in [0.3, 0.4) is 0 Å². The zero-order valence-corrected chi connectivity index (χ0v) is 37.6. The Morgan fingerprint density at radius 1 is 0.750 bits per heavy atom. The molecule has 0 aromatic heterocycles. The van der Waals surface area contributed by atoms with Gasteiger partial charge in [0.1, 0.15) is 54.6 Å². The van der Waals surface area contributed by atoms with E-state index in [2.05, 4.69) is 33.9 Å². The second kappa shape index (κ2) is 18.5. The summed E-state index contributed by atoms with van der Waals surface area (Å²) >= 11 is 0. The van der Waals surface area contributed by atoms with E-state index in [1.54, 1.807) is 21.0 Å². The molecule has 11 atom stereocenters. The summed E-state index contributed by atoms with van der Waals surface area (Å²) in [5.74, 6) is -1.30. The van der Waals surface area contributed by atoms with Crippen molar-refractivity contribution in [2.24, 2.45) is 0 Å². The van der Waals surface area contributed by atoms with Crippen LogP contribution < -0.4 is 4.74 Å². The van der Waals surface area contributed by atoms with Crippen LogP contribution in [0, 0.1) is 0 Å². The Hall–Kier alpha value is -2.80. The number of aliphatic hydroxyl groups excluding tert-OH is 1. The fourth-order valence-corrected chi connectivity index (χ4v) is 9.11. The van der Waals surface area contributed by atoms with Gasteiger partial charge in [0.25, 0.3) is 0 Å². The number of ether oxygens (including phenoxy) is 11. The van der Waals surface area contributed by atoms with E-state index in [-0.39, 0.29) is 24.9 Å². The molecule has 0 spiro atoms. The average Bonchev–Trinajstić information content (AvgIpc) is 3.71. The van der Waals surface area contributed by atoms with E-state index >= 15 is 0 Å². The molecule has 4 aliphatic rings. The molecule has 0 aliphatic carbocycles. The van der Waals surface area contributed by atoms with Gasteiger partial charge in [-0.2, -0.15) is 0 Å². The lowest BCUT2D eigenvalue weighted by Crippen LogP contribution is -2.66. The topological polar surface area (TPSA) is 131 Å². The molecule has 1 N–H and O–H groups in total. The number of aliphatic hydroxyl groups is 1. The van der Waals surface area contributed by atoms with Gasteiger partial charge in [-0.3, -0.25) is 0 Å². The zero-order chi connectivity index (χ0) is 42.9. The van der Waals surface area contributed by atoms with Crippen molar-refractivity contribution < 1.29 is 61.6 Å². The summed E-state index contributed by atoms with van der Waals surface area (Å²) in [7, 11) is -0.932. The van der Waals surface area contributed by atoms with Crippen molar-refractivity contribution in [3.63, 3.8) is 0 Å². The lowest BCUT2D eigenvalue weighted by Gasteiger charge is -2.52. The molecule has 0 radical (unpaired) electrons. The Bertz CT molecular complexity index is 1800. The molecule has 4 heterocycles. The van der Waals surface area contributed by atoms with Gasteiger partial charge in [-0.05, 0) is 69.1 Å². The number of fused-ring (bicyclic) bond motifs is 1. The molecular formula is C46H64O13Si. The van der Waals surface area contributed by atoms with Gasteiger partial charge in [-0.1, -0.05) is 93.6 Å². The first-order valence-corrected chi connectivity index (χ1v) is 23.9. The van der Waals surface area contributed by atoms with Crippen molar-refractivity contribution in [2.75, 3.05) is 20.3 Å². The van der Waals surface area contributed by atoms with Gasteiger partial charge >= 0.3 is 0 Å². The van der Waals surface area contributed by atoms with Gasteiger partial charge in [0.2, 0.25) is 0 Å². The average molecular weight is 853 g/mol. The smallest absolute Gasteiger partial charge is 0.192 e. The van der Waals surface area contributed by atoms with Gasteiger partial charge in [0, 0.05) is 5.56 Å². The molecular weight excluding hydrogens is 789 g/mol. The van der Waals surface area contributed by atoms with Crippen LogP contribution in [0.15, 0.2) is 84.9 Å². The minimum absolute atomic E-state index is 0.182. The maximum absolute atomic E-state index is 12.2. The predicted molar refractivity (Wildman–Crippen MR) is 223 cm³/mol. The molecule has 3 aromatic carbocycles. The van der Waals surface area contributed by atoms with Gasteiger partial charge in [-0.25, -0.2) is 0 Å². The second-order valence-corrected chi connectivity index (χ2v) is 23.2. The Morgan fingerprint density at radius 3 is 2.05 bits per heavy atom. The first kappa shape index (κ1) is 45.2. The summed E-state index contributed by atoms with van der Waals surface area (Å²) in [5, 5.41) is 12.0. The van der Waals surface area contributed by atoms with Gasteiger partial charge < -0.3 is 61.6 Å². The van der Waals surface area contributed by atoms with Crippen LogP contribution in [0.5, 0.6) is 5.75 Å². The van der Waals surface area contributed by atoms with Crippen molar-refractivity contribution in [2.45, 2.75) is 159 Å². The summed E-state index contributed by atoms with van der Waals surface area (Å²) in [5.41, 5.74) is 2.84. The zero-order valence-electron chi connectivity index (χ0n) is 36.6. The summed E-state index contributed by atoms with van der Waals surface area (Å²) in [6.07, 6.45) is -9.19. The van der Waals surface area contributed by atoms with Crippen molar-refractivity contribution in [1.29, 1.82) is 0 Å². The Kier molecular flexibility index (Phi) is 13.9. The molecule has 3 aromatic rings. The molecule has 0 amide bonds. The highest BCUT2D eigenvalue weighted by Crippen LogP contribution is 2.44. The first-order chi connectivity index (χ1) is 28.4. The lowest BCUT2D eigenvalue weighted by molar-refractivity contribution is -0.384. The van der Waals surface area contributed by atoms with Crippen molar-refractivity contribution in [1.82, 2.24) is 0 Å². The standard InChI is InChI=1S/C46H64O13Si/c1-44(2,3)60(9,10)59-40-37(50-26-30-21-23-32(48-8)24-22-30)35-33(28-51-42(53-35)31-19-15-12-16-20-31)52-43(40)54-41(47)39-38(57-46(6,7)58-39)36-34(55-45(4,5)56-36)27-49-25-29-17-13-11-14-18-29/h11-24,33-43,47H,25-28H2,1-10H3/t33-,34-,35-,36-,37+,38+,39+,40+,41?,42?,43+/m1/s1. The van der Waals surface area contributed by atoms with Crippen LogP contribution in [-0.2, 0) is 65.0 Å². The first-order valence-electron chi connectivity index (χ1n) is 21.0. The van der Waals surface area contributed by atoms with Crippen LogP contribution in [0.2, 0.25) is 18.1 Å². The highest BCUT2D eigenvalue weighted by molar-refractivity contribution is 6.74. The SMILES string of the molecule is COc1ccc(CO[C@@H]2[C@H](O[Si](C)(C)C(C)(C)C)[C@H](OC(O)[C@H]3OC(C)(C)O[C@H]3[C@@H]3OC(C)(C)O[C@@H]3COCc3ccccc3)O[C@@H]3COC(c4ccccc4)O[C@@H]23)cc1. The number of hydrogen-bond acceptors (Lipinski definition) is 13. The minimum atomic E-state index is -2.57. The molecule has 4 fully saturated rings. The van der Waals surface area contributed by atoms with E-state index in [9.17, 15) is 5.11 Å². The van der Waals surface area contributed by atoms with Crippen LogP contribution in [0.25, 0.3) is 0 Å². The van der Waals surface area contributed by atoms with E-state index in [1.165, 1.54) is 0 Å². The number of hydrogen-bond donors (Lipinski definition) is 1. The van der Waals surface area contributed by atoms with Gasteiger partial charge in [0.15, 0.2) is 38.8 Å². The van der Waals surface area contributed by atoms with Crippen LogP contribution in [-0.4, -0.2) is 107 Å². The molecule has 330 valence electrons. The Labute approximate surface area is 355 Å². The fourth-order valence-electron chi connectivity index (χ4n) is 7.83. The maximum Gasteiger partial charge on any atom is 0.192 e. The van der Waals surface area contributed by atoms with E-state index < -0.39 is 87.6 Å². The third kappa shape index (κ3) is 10.7. The van der Waals surface area contributed by atoms with Crippen molar-refractivity contribution in [3.8, 4) is 5.75 Å². The van der Waals surface area contributed by atoms with Crippen LogP contribution in [0.1, 0.15) is 71.4 Å². The normalized spacial score (nSPS) is 32.0. The summed E-state index contributed by atoms with van der Waals surface area (Å²) in [6, 6.07) is 27.4. The summed E-state index contributed by atoms with van der Waals surface area (Å²) < 4.78 is 77.8. The third-order valence-corrected chi connectivity index (χ3v) is 16.3. The molecule has 0 bridgehead atoms. The molecule has 60 heavy (non-hydrogen) atoms. The fraction of sp³-hybridized carbons (Fsp3) is 0.609. The van der Waals surface area contributed by atoms with E-state index in [1.807, 2.05) is 98.8 Å². The molecule has 14 heteroatoms. The van der Waals surface area contributed by atoms with Crippen molar-refractivity contribution in [3.05, 3.63) is 102 Å². The summed E-state index contributed by atoms with van der Waals surface area (Å²) in [6.45, 7) is 19.2. The maximum atomic E-state index is 12.2.